The van der Waals surface area contributed by atoms with Gasteiger partial charge in [-0.2, -0.15) is 5.26 Å². The van der Waals surface area contributed by atoms with E-state index in [1.807, 2.05) is 0 Å². The van der Waals surface area contributed by atoms with Crippen molar-refractivity contribution in [1.82, 2.24) is 5.32 Å². The Hall–Kier alpha value is -1.37. The largest absolute Gasteiger partial charge is 0.296 e. The quantitative estimate of drug-likeness (QED) is 0.587. The van der Waals surface area contributed by atoms with E-state index in [1.165, 1.54) is 0 Å². The lowest BCUT2D eigenvalue weighted by atomic mass is 9.52. The first-order valence-corrected chi connectivity index (χ1v) is 5.44. The van der Waals surface area contributed by atoms with Crippen LogP contribution in [0, 0.1) is 34.5 Å². The lowest BCUT2D eigenvalue weighted by Crippen LogP contribution is -2.49. The van der Waals surface area contributed by atoms with Gasteiger partial charge in [0.25, 0.3) is 0 Å². The number of nitriles is 1. The van der Waals surface area contributed by atoms with Crippen molar-refractivity contribution in [3.05, 3.63) is 0 Å². The molecule has 4 nitrogen and oxygen atoms in total. The minimum Gasteiger partial charge on any atom is -0.296 e. The fourth-order valence-electron chi connectivity index (χ4n) is 3.68. The van der Waals surface area contributed by atoms with Gasteiger partial charge in [-0.05, 0) is 31.6 Å². The van der Waals surface area contributed by atoms with Gasteiger partial charge in [-0.3, -0.25) is 14.9 Å². The second kappa shape index (κ2) is 2.60. The van der Waals surface area contributed by atoms with Crippen molar-refractivity contribution in [2.24, 2.45) is 23.2 Å². The molecule has 0 unspecified atom stereocenters. The number of nitrogens with zero attached hydrogens (tertiary/aromatic N) is 1. The molecule has 4 fully saturated rings. The van der Waals surface area contributed by atoms with Crippen molar-refractivity contribution in [3.63, 3.8) is 0 Å². The standard InChI is InChI=1S/C11H12N2O2/c12-5-11-3-1-6(2-4-11)7-8(11)10(15)13-9(7)14/h6-8H,1-4H2,(H,13,14,15)/t6?,7-,8+,11?/m0/s1. The molecular formula is C11H12N2O2. The molecule has 4 heteroatoms. The number of imide groups is 1. The monoisotopic (exact) mass is 204 g/mol. The Labute approximate surface area is 87.6 Å². The zero-order chi connectivity index (χ0) is 10.6. The normalized spacial score (nSPS) is 47.3. The number of carbonyl (C=O) groups excluding carboxylic acids is 2. The van der Waals surface area contributed by atoms with Gasteiger partial charge in [0.05, 0.1) is 23.3 Å². The minimum absolute atomic E-state index is 0.144. The molecule has 2 amide bonds. The van der Waals surface area contributed by atoms with Crippen molar-refractivity contribution in [2.75, 3.05) is 0 Å². The van der Waals surface area contributed by atoms with E-state index in [0.717, 1.165) is 25.7 Å². The lowest BCUT2D eigenvalue weighted by molar-refractivity contribution is -0.133. The lowest BCUT2D eigenvalue weighted by Gasteiger charge is -2.48. The molecule has 1 N–H and O–H groups in total. The average molecular weight is 204 g/mol. The molecule has 4 rings (SSSR count). The summed E-state index contributed by atoms with van der Waals surface area (Å²) in [7, 11) is 0. The predicted octanol–water partition coefficient (Wildman–Crippen LogP) is 0.589. The molecule has 3 aliphatic carbocycles. The van der Waals surface area contributed by atoms with Crippen LogP contribution in [0.5, 0.6) is 0 Å². The number of rotatable bonds is 0. The first-order chi connectivity index (χ1) is 7.18. The van der Waals surface area contributed by atoms with E-state index < -0.39 is 5.41 Å². The van der Waals surface area contributed by atoms with E-state index in [1.54, 1.807) is 0 Å². The second-order valence-corrected chi connectivity index (χ2v) is 4.96. The van der Waals surface area contributed by atoms with Gasteiger partial charge >= 0.3 is 0 Å². The SMILES string of the molecule is N#CC12CCC(CC1)[C@@H]1C(=O)NC(=O)[C@@H]12. The Morgan fingerprint density at radius 3 is 2.53 bits per heavy atom. The molecule has 78 valence electrons. The Balaban J connectivity index is 2.10. The molecule has 3 saturated carbocycles. The zero-order valence-corrected chi connectivity index (χ0v) is 8.32. The maximum atomic E-state index is 11.7. The summed E-state index contributed by atoms with van der Waals surface area (Å²) < 4.78 is 0. The van der Waals surface area contributed by atoms with Gasteiger partial charge in [-0.25, -0.2) is 0 Å². The number of hydrogen-bond donors (Lipinski definition) is 1. The summed E-state index contributed by atoms with van der Waals surface area (Å²) in [4.78, 5) is 23.3. The highest BCUT2D eigenvalue weighted by molar-refractivity contribution is 6.06. The van der Waals surface area contributed by atoms with E-state index in [-0.39, 0.29) is 23.7 Å². The Morgan fingerprint density at radius 1 is 1.27 bits per heavy atom. The molecule has 1 aliphatic heterocycles. The number of hydrogen-bond acceptors (Lipinski definition) is 3. The third-order valence-electron chi connectivity index (χ3n) is 4.44. The van der Waals surface area contributed by atoms with Gasteiger partial charge in [0.2, 0.25) is 11.8 Å². The molecule has 0 aromatic heterocycles. The van der Waals surface area contributed by atoms with Crippen molar-refractivity contribution in [1.29, 1.82) is 5.26 Å². The van der Waals surface area contributed by atoms with E-state index in [0.29, 0.717) is 5.92 Å². The Bertz CT molecular complexity index is 388. The number of carbonyl (C=O) groups is 2. The van der Waals surface area contributed by atoms with Crippen LogP contribution in [0.3, 0.4) is 0 Å². The predicted molar refractivity (Wildman–Crippen MR) is 50.1 cm³/mol. The van der Waals surface area contributed by atoms with E-state index >= 15 is 0 Å². The molecule has 0 radical (unpaired) electrons. The van der Waals surface area contributed by atoms with Crippen molar-refractivity contribution >= 4 is 11.8 Å². The van der Waals surface area contributed by atoms with Gasteiger partial charge in [0.1, 0.15) is 0 Å². The molecule has 0 aromatic carbocycles. The maximum absolute atomic E-state index is 11.7. The number of nitrogens with one attached hydrogen (secondary N) is 1. The first kappa shape index (κ1) is 8.90. The van der Waals surface area contributed by atoms with Crippen LogP contribution in [0.4, 0.5) is 0 Å². The van der Waals surface area contributed by atoms with Gasteiger partial charge < -0.3 is 0 Å². The molecule has 4 aliphatic rings. The Morgan fingerprint density at radius 2 is 1.93 bits per heavy atom. The van der Waals surface area contributed by atoms with Crippen LogP contribution in [0.25, 0.3) is 0 Å². The molecule has 2 bridgehead atoms. The summed E-state index contributed by atoms with van der Waals surface area (Å²) >= 11 is 0. The highest BCUT2D eigenvalue weighted by Crippen LogP contribution is 2.57. The summed E-state index contributed by atoms with van der Waals surface area (Å²) in [6.07, 6.45) is 3.43. The molecule has 0 spiro atoms. The Kier molecular flexibility index (Phi) is 1.54. The molecule has 0 aromatic rings. The fraction of sp³-hybridized carbons (Fsp3) is 0.727. The van der Waals surface area contributed by atoms with Gasteiger partial charge in [-0.1, -0.05) is 0 Å². The van der Waals surface area contributed by atoms with Gasteiger partial charge in [0, 0.05) is 0 Å². The molecule has 15 heavy (non-hydrogen) atoms. The van der Waals surface area contributed by atoms with Crippen LogP contribution >= 0.6 is 0 Å². The van der Waals surface area contributed by atoms with E-state index in [2.05, 4.69) is 11.4 Å². The van der Waals surface area contributed by atoms with Crippen LogP contribution in [0.15, 0.2) is 0 Å². The van der Waals surface area contributed by atoms with Crippen LogP contribution in [-0.2, 0) is 9.59 Å². The minimum atomic E-state index is -0.546. The summed E-state index contributed by atoms with van der Waals surface area (Å²) in [5.41, 5.74) is -0.546. The summed E-state index contributed by atoms with van der Waals surface area (Å²) in [6.45, 7) is 0. The highest BCUT2D eigenvalue weighted by atomic mass is 16.2. The van der Waals surface area contributed by atoms with Crippen LogP contribution in [-0.4, -0.2) is 11.8 Å². The fourth-order valence-corrected chi connectivity index (χ4v) is 3.68. The highest BCUT2D eigenvalue weighted by Gasteiger charge is 2.62. The zero-order valence-electron chi connectivity index (χ0n) is 8.32. The number of fused-ring (bicyclic) bond motifs is 2. The van der Waals surface area contributed by atoms with E-state index in [4.69, 9.17) is 0 Å². The topological polar surface area (TPSA) is 70.0 Å². The van der Waals surface area contributed by atoms with Crippen molar-refractivity contribution in [3.8, 4) is 6.07 Å². The molecule has 2 atom stereocenters. The number of amides is 2. The van der Waals surface area contributed by atoms with Crippen molar-refractivity contribution in [2.45, 2.75) is 25.7 Å². The first-order valence-electron chi connectivity index (χ1n) is 5.44. The molecular weight excluding hydrogens is 192 g/mol. The van der Waals surface area contributed by atoms with Crippen LogP contribution in [0.2, 0.25) is 0 Å². The average Bonchev–Trinajstić information content (AvgIpc) is 2.59. The molecule has 1 saturated heterocycles. The summed E-state index contributed by atoms with van der Waals surface area (Å²) in [6, 6.07) is 2.31. The third kappa shape index (κ3) is 0.909. The van der Waals surface area contributed by atoms with Crippen LogP contribution < -0.4 is 5.32 Å². The van der Waals surface area contributed by atoms with Gasteiger partial charge in [0.15, 0.2) is 0 Å². The maximum Gasteiger partial charge on any atom is 0.232 e. The van der Waals surface area contributed by atoms with Crippen LogP contribution in [0.1, 0.15) is 25.7 Å². The van der Waals surface area contributed by atoms with E-state index in [9.17, 15) is 14.9 Å². The third-order valence-corrected chi connectivity index (χ3v) is 4.44. The summed E-state index contributed by atoms with van der Waals surface area (Å²) in [5, 5.41) is 11.7. The van der Waals surface area contributed by atoms with Crippen molar-refractivity contribution < 1.29 is 9.59 Å². The molecule has 1 heterocycles. The second-order valence-electron chi connectivity index (χ2n) is 4.96. The smallest absolute Gasteiger partial charge is 0.232 e. The summed E-state index contributed by atoms with van der Waals surface area (Å²) in [5.74, 6) is -0.594. The van der Waals surface area contributed by atoms with Gasteiger partial charge in [-0.15, -0.1) is 0 Å².